The third-order valence-corrected chi connectivity index (χ3v) is 4.38. The molecular weight excluding hydrogens is 409 g/mol. The number of rotatable bonds is 6. The Balaban J connectivity index is 2.05. The maximum absolute atomic E-state index is 14.5. The minimum Gasteiger partial charge on any atom is -0.494 e. The summed E-state index contributed by atoms with van der Waals surface area (Å²) in [5.74, 6) is -6.49. The lowest BCUT2D eigenvalue weighted by atomic mass is 10.1. The van der Waals surface area contributed by atoms with E-state index in [1.165, 1.54) is 19.2 Å². The molecular formula is C20H16F5N3O2. The fourth-order valence-electron chi connectivity index (χ4n) is 2.92. The first-order valence-electron chi connectivity index (χ1n) is 8.77. The SMILES string of the molecule is CCc1c(Nc2nc(=O)c(F)cn2Cc2cc(F)c(F)c(F)c2)ccc(OC)c1F. The summed E-state index contributed by atoms with van der Waals surface area (Å²) >= 11 is 0. The molecule has 0 aliphatic rings. The van der Waals surface area contributed by atoms with Gasteiger partial charge >= 0.3 is 5.56 Å². The van der Waals surface area contributed by atoms with Gasteiger partial charge < -0.3 is 14.6 Å². The van der Waals surface area contributed by atoms with Crippen molar-refractivity contribution in [3.8, 4) is 5.75 Å². The Labute approximate surface area is 167 Å². The Bertz CT molecular complexity index is 1140. The number of anilines is 2. The van der Waals surface area contributed by atoms with E-state index in [1.54, 1.807) is 6.92 Å². The third kappa shape index (κ3) is 4.12. The van der Waals surface area contributed by atoms with Crippen molar-refractivity contribution < 1.29 is 26.7 Å². The van der Waals surface area contributed by atoms with Crippen LogP contribution in [0.3, 0.4) is 0 Å². The Morgan fingerprint density at radius 3 is 2.30 bits per heavy atom. The standard InChI is InChI=1S/C20H16F5N3O2/c1-3-11-15(4-5-16(30-2)17(11)24)26-20-27-19(29)14(23)9-28(20)8-10-6-12(21)18(25)13(22)7-10/h4-7,9H,3,8H2,1-2H3,(H,26,27,29). The van der Waals surface area contributed by atoms with Crippen LogP contribution < -0.4 is 15.6 Å². The molecule has 3 aromatic rings. The second-order valence-corrected chi connectivity index (χ2v) is 6.31. The predicted octanol–water partition coefficient (Wildman–Crippen LogP) is 4.30. The zero-order valence-corrected chi connectivity index (χ0v) is 15.9. The van der Waals surface area contributed by atoms with Crippen LogP contribution in [0.5, 0.6) is 5.75 Å². The number of halogens is 5. The Kier molecular flexibility index (Phi) is 6.04. The summed E-state index contributed by atoms with van der Waals surface area (Å²) in [6.45, 7) is 1.35. The molecule has 0 fully saturated rings. The van der Waals surface area contributed by atoms with E-state index in [0.717, 1.165) is 22.9 Å². The van der Waals surface area contributed by atoms with E-state index >= 15 is 0 Å². The van der Waals surface area contributed by atoms with Gasteiger partial charge in [-0.25, -0.2) is 17.6 Å². The van der Waals surface area contributed by atoms with E-state index in [2.05, 4.69) is 10.3 Å². The zero-order valence-electron chi connectivity index (χ0n) is 15.9. The van der Waals surface area contributed by atoms with Crippen LogP contribution in [0.15, 0.2) is 35.3 Å². The normalized spacial score (nSPS) is 10.9. The highest BCUT2D eigenvalue weighted by atomic mass is 19.2. The van der Waals surface area contributed by atoms with Crippen molar-refractivity contribution >= 4 is 11.6 Å². The van der Waals surface area contributed by atoms with Crippen LogP contribution in [0.4, 0.5) is 33.6 Å². The highest BCUT2D eigenvalue weighted by Crippen LogP contribution is 2.29. The molecule has 2 aromatic carbocycles. The van der Waals surface area contributed by atoms with Gasteiger partial charge in [-0.3, -0.25) is 4.79 Å². The van der Waals surface area contributed by atoms with E-state index in [-0.39, 0.29) is 41.5 Å². The van der Waals surface area contributed by atoms with Gasteiger partial charge in [0.15, 0.2) is 29.0 Å². The monoisotopic (exact) mass is 425 g/mol. The third-order valence-electron chi connectivity index (χ3n) is 4.38. The predicted molar refractivity (Wildman–Crippen MR) is 99.5 cm³/mol. The van der Waals surface area contributed by atoms with Crippen LogP contribution in [0.1, 0.15) is 18.1 Å². The summed E-state index contributed by atoms with van der Waals surface area (Å²) < 4.78 is 74.6. The molecule has 0 amide bonds. The number of aromatic nitrogens is 2. The van der Waals surface area contributed by atoms with Gasteiger partial charge in [-0.2, -0.15) is 9.37 Å². The maximum atomic E-state index is 14.5. The van der Waals surface area contributed by atoms with Crippen LogP contribution >= 0.6 is 0 Å². The molecule has 0 aliphatic carbocycles. The Hall–Kier alpha value is -3.43. The highest BCUT2D eigenvalue weighted by molar-refractivity contribution is 5.61. The largest absolute Gasteiger partial charge is 0.494 e. The Morgan fingerprint density at radius 2 is 1.70 bits per heavy atom. The molecule has 0 spiro atoms. The lowest BCUT2D eigenvalue weighted by Crippen LogP contribution is -2.20. The van der Waals surface area contributed by atoms with Gasteiger partial charge in [0.1, 0.15) is 0 Å². The minimum absolute atomic E-state index is 0.0131. The molecule has 10 heteroatoms. The smallest absolute Gasteiger partial charge is 0.310 e. The number of nitrogens with zero attached hydrogens (tertiary/aromatic N) is 2. The van der Waals surface area contributed by atoms with Gasteiger partial charge in [0.05, 0.1) is 13.7 Å². The van der Waals surface area contributed by atoms with Gasteiger partial charge in [-0.15, -0.1) is 0 Å². The van der Waals surface area contributed by atoms with Crippen molar-refractivity contribution in [2.45, 2.75) is 19.9 Å². The molecule has 0 unspecified atom stereocenters. The zero-order chi connectivity index (χ0) is 22.0. The molecule has 0 saturated heterocycles. The van der Waals surface area contributed by atoms with Crippen LogP contribution in [0, 0.1) is 29.1 Å². The fraction of sp³-hybridized carbons (Fsp3) is 0.200. The van der Waals surface area contributed by atoms with E-state index in [1.807, 2.05) is 0 Å². The summed E-state index contributed by atoms with van der Waals surface area (Å²) in [7, 11) is 1.31. The van der Waals surface area contributed by atoms with Crippen LogP contribution in [-0.2, 0) is 13.0 Å². The molecule has 0 bridgehead atoms. The van der Waals surface area contributed by atoms with Crippen molar-refractivity contribution in [2.75, 3.05) is 12.4 Å². The first-order valence-corrected chi connectivity index (χ1v) is 8.77. The average molecular weight is 425 g/mol. The van der Waals surface area contributed by atoms with E-state index < -0.39 is 34.6 Å². The number of methoxy groups -OCH3 is 1. The van der Waals surface area contributed by atoms with E-state index in [9.17, 15) is 26.7 Å². The summed E-state index contributed by atoms with van der Waals surface area (Å²) in [5, 5.41) is 2.74. The van der Waals surface area contributed by atoms with Crippen molar-refractivity contribution in [1.82, 2.24) is 9.55 Å². The first-order chi connectivity index (χ1) is 14.2. The number of ether oxygens (including phenoxy) is 1. The van der Waals surface area contributed by atoms with Gasteiger partial charge in [-0.05, 0) is 36.2 Å². The maximum Gasteiger partial charge on any atom is 0.310 e. The molecule has 0 aliphatic heterocycles. The summed E-state index contributed by atoms with van der Waals surface area (Å²) in [5.41, 5.74) is -0.772. The van der Waals surface area contributed by atoms with Crippen molar-refractivity contribution in [3.63, 3.8) is 0 Å². The van der Waals surface area contributed by atoms with E-state index in [0.29, 0.717) is 0 Å². The van der Waals surface area contributed by atoms with Gasteiger partial charge in [0.25, 0.3) is 0 Å². The number of hydrogen-bond donors (Lipinski definition) is 1. The van der Waals surface area contributed by atoms with Crippen molar-refractivity contribution in [1.29, 1.82) is 0 Å². The molecule has 1 heterocycles. The molecule has 1 aromatic heterocycles. The van der Waals surface area contributed by atoms with Gasteiger partial charge in [0, 0.05) is 17.4 Å². The van der Waals surface area contributed by atoms with Crippen molar-refractivity contribution in [3.05, 3.63) is 81.0 Å². The highest BCUT2D eigenvalue weighted by Gasteiger charge is 2.17. The first kappa shape index (κ1) is 21.3. The minimum atomic E-state index is -1.64. The summed E-state index contributed by atoms with van der Waals surface area (Å²) in [4.78, 5) is 15.3. The number of benzene rings is 2. The fourth-order valence-corrected chi connectivity index (χ4v) is 2.92. The molecule has 0 saturated carbocycles. The molecule has 5 nitrogen and oxygen atoms in total. The molecule has 1 N–H and O–H groups in total. The van der Waals surface area contributed by atoms with Gasteiger partial charge in [-0.1, -0.05) is 6.92 Å². The number of hydrogen-bond acceptors (Lipinski definition) is 4. The molecule has 0 radical (unpaired) electrons. The van der Waals surface area contributed by atoms with Crippen molar-refractivity contribution in [2.24, 2.45) is 0 Å². The van der Waals surface area contributed by atoms with Gasteiger partial charge in [0.2, 0.25) is 11.8 Å². The lowest BCUT2D eigenvalue weighted by molar-refractivity contribution is 0.384. The molecule has 0 atom stereocenters. The van der Waals surface area contributed by atoms with E-state index in [4.69, 9.17) is 4.74 Å². The second-order valence-electron chi connectivity index (χ2n) is 6.31. The number of nitrogens with one attached hydrogen (secondary N) is 1. The second kappa shape index (κ2) is 8.52. The van der Waals surface area contributed by atoms with Crippen LogP contribution in [0.2, 0.25) is 0 Å². The van der Waals surface area contributed by atoms with Crippen LogP contribution in [-0.4, -0.2) is 16.7 Å². The molecule has 3 rings (SSSR count). The summed E-state index contributed by atoms with van der Waals surface area (Å²) in [6.07, 6.45) is 1.04. The quantitative estimate of drug-likeness (QED) is 0.473. The summed E-state index contributed by atoms with van der Waals surface area (Å²) in [6, 6.07) is 4.32. The molecule has 158 valence electrons. The topological polar surface area (TPSA) is 56.2 Å². The average Bonchev–Trinajstić information content (AvgIpc) is 2.70. The Morgan fingerprint density at radius 1 is 1.03 bits per heavy atom. The van der Waals surface area contributed by atoms with Crippen LogP contribution in [0.25, 0.3) is 0 Å². The molecule has 30 heavy (non-hydrogen) atoms. The lowest BCUT2D eigenvalue weighted by Gasteiger charge is -2.17.